The third-order valence-electron chi connectivity index (χ3n) is 3.43. The molecule has 0 aliphatic carbocycles. The highest BCUT2D eigenvalue weighted by Crippen LogP contribution is 2.24. The Kier molecular flexibility index (Phi) is 4.88. The maximum atomic E-state index is 12.0. The molecular weight excluding hydrogens is 356 g/mol. The van der Waals surface area contributed by atoms with Crippen LogP contribution >= 0.6 is 15.9 Å². The molecule has 0 atom stereocenters. The Hall–Kier alpha value is -2.40. The molecule has 0 fully saturated rings. The van der Waals surface area contributed by atoms with Gasteiger partial charge in [0.1, 0.15) is 5.75 Å². The highest BCUT2D eigenvalue weighted by Gasteiger charge is 2.06. The van der Waals surface area contributed by atoms with Crippen LogP contribution in [0.1, 0.15) is 5.56 Å². The first-order valence-electron chi connectivity index (χ1n) is 7.20. The minimum atomic E-state index is -0.160. The second-order valence-electron chi connectivity index (χ2n) is 5.01. The summed E-state index contributed by atoms with van der Waals surface area (Å²) in [6, 6.07) is 15.4. The number of hydrogen-bond donors (Lipinski definition) is 1. The Bertz CT molecular complexity index is 831. The van der Waals surface area contributed by atoms with Gasteiger partial charge in [-0.3, -0.25) is 9.78 Å². The van der Waals surface area contributed by atoms with Crippen molar-refractivity contribution >= 4 is 32.6 Å². The van der Waals surface area contributed by atoms with E-state index in [1.165, 1.54) is 0 Å². The number of amides is 1. The van der Waals surface area contributed by atoms with E-state index in [9.17, 15) is 4.79 Å². The summed E-state index contributed by atoms with van der Waals surface area (Å²) in [6.07, 6.45) is 3.48. The predicted molar refractivity (Wildman–Crippen MR) is 93.2 cm³/mol. The number of pyridine rings is 1. The third-order valence-corrected chi connectivity index (χ3v) is 4.21. The molecular formula is C18H15BrN2O2. The van der Waals surface area contributed by atoms with Crippen molar-refractivity contribution in [3.05, 3.63) is 71.0 Å². The summed E-state index contributed by atoms with van der Waals surface area (Å²) < 4.78 is 6.62. The predicted octanol–water partition coefficient (Wildman–Crippen LogP) is 3.69. The zero-order valence-corrected chi connectivity index (χ0v) is 13.9. The maximum absolute atomic E-state index is 12.0. The first-order valence-corrected chi connectivity index (χ1v) is 7.99. The third kappa shape index (κ3) is 3.87. The van der Waals surface area contributed by atoms with Crippen molar-refractivity contribution in [3.63, 3.8) is 0 Å². The smallest absolute Gasteiger partial charge is 0.258 e. The average molecular weight is 371 g/mol. The summed E-state index contributed by atoms with van der Waals surface area (Å²) in [5, 5.41) is 4.78. The lowest BCUT2D eigenvalue weighted by molar-refractivity contribution is -0.123. The highest BCUT2D eigenvalue weighted by molar-refractivity contribution is 9.10. The Labute approximate surface area is 142 Å². The first-order chi connectivity index (χ1) is 11.2. The van der Waals surface area contributed by atoms with E-state index in [2.05, 4.69) is 26.2 Å². The van der Waals surface area contributed by atoms with E-state index < -0.39 is 0 Å². The molecule has 0 saturated carbocycles. The van der Waals surface area contributed by atoms with Gasteiger partial charge in [-0.25, -0.2) is 0 Å². The minimum absolute atomic E-state index is 0.0219. The van der Waals surface area contributed by atoms with E-state index in [0.29, 0.717) is 12.3 Å². The van der Waals surface area contributed by atoms with Crippen molar-refractivity contribution in [2.75, 3.05) is 6.61 Å². The van der Waals surface area contributed by atoms with Gasteiger partial charge in [0.05, 0.1) is 0 Å². The van der Waals surface area contributed by atoms with Crippen molar-refractivity contribution < 1.29 is 9.53 Å². The fourth-order valence-electron chi connectivity index (χ4n) is 2.25. The molecule has 0 spiro atoms. The minimum Gasteiger partial charge on any atom is -0.483 e. The fourth-order valence-corrected chi connectivity index (χ4v) is 2.67. The van der Waals surface area contributed by atoms with Crippen molar-refractivity contribution in [2.45, 2.75) is 6.54 Å². The van der Waals surface area contributed by atoms with Gasteiger partial charge in [-0.1, -0.05) is 46.3 Å². The summed E-state index contributed by atoms with van der Waals surface area (Å²) in [5.74, 6) is 0.521. The van der Waals surface area contributed by atoms with Gasteiger partial charge in [0.2, 0.25) is 0 Å². The second kappa shape index (κ2) is 7.24. The lowest BCUT2D eigenvalue weighted by atomic mass is 10.1. The van der Waals surface area contributed by atoms with E-state index in [1.54, 1.807) is 12.4 Å². The van der Waals surface area contributed by atoms with Crippen LogP contribution in [0.15, 0.2) is 65.4 Å². The zero-order chi connectivity index (χ0) is 16.1. The number of fused-ring (bicyclic) bond motifs is 1. The number of carbonyl (C=O) groups excluding carboxylic acids is 1. The van der Waals surface area contributed by atoms with Gasteiger partial charge in [-0.15, -0.1) is 0 Å². The van der Waals surface area contributed by atoms with Crippen LogP contribution < -0.4 is 10.1 Å². The summed E-state index contributed by atoms with van der Waals surface area (Å²) in [4.78, 5) is 16.1. The van der Waals surface area contributed by atoms with E-state index in [0.717, 1.165) is 20.8 Å². The normalized spacial score (nSPS) is 10.5. The Balaban J connectivity index is 1.59. The lowest BCUT2D eigenvalue weighted by Crippen LogP contribution is -2.28. The van der Waals surface area contributed by atoms with Gasteiger partial charge in [-0.05, 0) is 23.8 Å². The molecule has 5 heteroatoms. The topological polar surface area (TPSA) is 51.2 Å². The average Bonchev–Trinajstić information content (AvgIpc) is 2.59. The van der Waals surface area contributed by atoms with Gasteiger partial charge < -0.3 is 10.1 Å². The van der Waals surface area contributed by atoms with Gasteiger partial charge in [-0.2, -0.15) is 0 Å². The molecule has 1 heterocycles. The monoisotopic (exact) mass is 370 g/mol. The number of carbonyl (C=O) groups is 1. The molecule has 4 nitrogen and oxygen atoms in total. The lowest BCUT2D eigenvalue weighted by Gasteiger charge is -2.10. The van der Waals surface area contributed by atoms with E-state index in [4.69, 9.17) is 4.74 Å². The highest BCUT2D eigenvalue weighted by atomic mass is 79.9. The molecule has 0 saturated heterocycles. The summed E-state index contributed by atoms with van der Waals surface area (Å²) in [5.41, 5.74) is 1.03. The van der Waals surface area contributed by atoms with Crippen LogP contribution in [0.3, 0.4) is 0 Å². The molecule has 0 aliphatic rings. The van der Waals surface area contributed by atoms with Crippen LogP contribution in [-0.2, 0) is 11.3 Å². The molecule has 0 unspecified atom stereocenters. The van der Waals surface area contributed by atoms with Crippen molar-refractivity contribution in [3.8, 4) is 5.75 Å². The molecule has 0 aliphatic heterocycles. The Morgan fingerprint density at radius 2 is 2.00 bits per heavy atom. The number of benzene rings is 2. The molecule has 1 N–H and O–H groups in total. The Morgan fingerprint density at radius 3 is 2.87 bits per heavy atom. The number of hydrogen-bond acceptors (Lipinski definition) is 3. The molecule has 3 aromatic rings. The van der Waals surface area contributed by atoms with Crippen LogP contribution in [0, 0.1) is 0 Å². The van der Waals surface area contributed by atoms with Gasteiger partial charge in [0, 0.05) is 34.2 Å². The fraction of sp³-hybridized carbons (Fsp3) is 0.111. The molecule has 1 amide bonds. The van der Waals surface area contributed by atoms with Gasteiger partial charge >= 0.3 is 0 Å². The number of ether oxygens (including phenoxy) is 1. The summed E-state index contributed by atoms with van der Waals surface area (Å²) in [7, 11) is 0. The van der Waals surface area contributed by atoms with Crippen LogP contribution in [0.25, 0.3) is 10.8 Å². The SMILES string of the molecule is O=C(COc1cccc2cnccc12)NCc1ccccc1Br. The van der Waals surface area contributed by atoms with Gasteiger partial charge in [0.25, 0.3) is 5.91 Å². The van der Waals surface area contributed by atoms with Gasteiger partial charge in [0.15, 0.2) is 6.61 Å². The maximum Gasteiger partial charge on any atom is 0.258 e. The van der Waals surface area contributed by atoms with Crippen LogP contribution in [-0.4, -0.2) is 17.5 Å². The standard InChI is InChI=1S/C18H15BrN2O2/c19-16-6-2-1-4-14(16)11-21-18(22)12-23-17-7-3-5-13-10-20-9-8-15(13)17/h1-10H,11-12H2,(H,21,22). The number of nitrogens with zero attached hydrogens (tertiary/aromatic N) is 1. The molecule has 116 valence electrons. The van der Waals surface area contributed by atoms with E-state index in [-0.39, 0.29) is 12.5 Å². The molecule has 0 bridgehead atoms. The van der Waals surface area contributed by atoms with Crippen LogP contribution in [0.5, 0.6) is 5.75 Å². The number of nitrogens with one attached hydrogen (secondary N) is 1. The Morgan fingerprint density at radius 1 is 1.13 bits per heavy atom. The molecule has 1 aromatic heterocycles. The molecule has 23 heavy (non-hydrogen) atoms. The van der Waals surface area contributed by atoms with Crippen LogP contribution in [0.2, 0.25) is 0 Å². The zero-order valence-electron chi connectivity index (χ0n) is 12.3. The summed E-state index contributed by atoms with van der Waals surface area (Å²) in [6.45, 7) is 0.439. The first kappa shape index (κ1) is 15.5. The number of halogens is 1. The molecule has 3 rings (SSSR count). The van der Waals surface area contributed by atoms with Crippen molar-refractivity contribution in [2.24, 2.45) is 0 Å². The van der Waals surface area contributed by atoms with E-state index in [1.807, 2.05) is 48.5 Å². The van der Waals surface area contributed by atoms with Crippen molar-refractivity contribution in [1.29, 1.82) is 0 Å². The van der Waals surface area contributed by atoms with Crippen molar-refractivity contribution in [1.82, 2.24) is 10.3 Å². The van der Waals surface area contributed by atoms with E-state index >= 15 is 0 Å². The summed E-state index contributed by atoms with van der Waals surface area (Å²) >= 11 is 3.46. The largest absolute Gasteiger partial charge is 0.483 e. The molecule has 2 aromatic carbocycles. The second-order valence-corrected chi connectivity index (χ2v) is 5.86. The quantitative estimate of drug-likeness (QED) is 0.744. The number of rotatable bonds is 5. The molecule has 0 radical (unpaired) electrons. The van der Waals surface area contributed by atoms with Crippen LogP contribution in [0.4, 0.5) is 0 Å². The number of aromatic nitrogens is 1.